The number of hydrogen-bond acceptors (Lipinski definition) is 3. The smallest absolute Gasteiger partial charge is 0.323 e. The van der Waals surface area contributed by atoms with E-state index < -0.39 is 0 Å². The number of esters is 1. The molecule has 0 bridgehead atoms. The van der Waals surface area contributed by atoms with Crippen molar-refractivity contribution < 1.29 is 9.53 Å². The second-order valence-corrected chi connectivity index (χ2v) is 4.92. The Morgan fingerprint density at radius 1 is 1.33 bits per heavy atom. The molecular weight excluding hydrogens is 226 g/mol. The van der Waals surface area contributed by atoms with Crippen LogP contribution in [0, 0.1) is 18.3 Å². The quantitative estimate of drug-likeness (QED) is 0.602. The minimum absolute atomic E-state index is 0.140. The highest BCUT2D eigenvalue weighted by atomic mass is 16.5. The van der Waals surface area contributed by atoms with E-state index in [2.05, 4.69) is 11.2 Å². The van der Waals surface area contributed by atoms with E-state index >= 15 is 0 Å². The zero-order valence-electron chi connectivity index (χ0n) is 11.4. The van der Waals surface area contributed by atoms with Crippen LogP contribution in [-0.2, 0) is 9.53 Å². The Balaban J connectivity index is 2.60. The van der Waals surface area contributed by atoms with Crippen LogP contribution in [0.3, 0.4) is 0 Å². The summed E-state index contributed by atoms with van der Waals surface area (Å²) in [6.45, 7) is 2.70. The largest absolute Gasteiger partial charge is 0.465 e. The van der Waals surface area contributed by atoms with E-state index in [1.165, 1.54) is 32.1 Å². The van der Waals surface area contributed by atoms with Crippen molar-refractivity contribution in [3.63, 3.8) is 0 Å². The number of terminal acetylenes is 1. The summed E-state index contributed by atoms with van der Waals surface area (Å²) in [4.78, 5) is 12.0. The van der Waals surface area contributed by atoms with Crippen LogP contribution in [0.25, 0.3) is 0 Å². The van der Waals surface area contributed by atoms with E-state index in [9.17, 15) is 4.79 Å². The van der Waals surface area contributed by atoms with Gasteiger partial charge in [-0.25, -0.2) is 0 Å². The van der Waals surface area contributed by atoms with Crippen LogP contribution in [-0.4, -0.2) is 25.2 Å². The minimum atomic E-state index is -0.223. The molecule has 1 aliphatic rings. The predicted molar refractivity (Wildman–Crippen MR) is 73.1 cm³/mol. The molecule has 0 aromatic rings. The van der Waals surface area contributed by atoms with Crippen molar-refractivity contribution in [3.05, 3.63) is 0 Å². The predicted octanol–water partition coefficient (Wildman–Crippen LogP) is 2.50. The second kappa shape index (κ2) is 8.99. The lowest BCUT2D eigenvalue weighted by Gasteiger charge is -2.27. The molecule has 102 valence electrons. The highest BCUT2D eigenvalue weighted by Crippen LogP contribution is 2.25. The van der Waals surface area contributed by atoms with E-state index in [0.717, 1.165) is 12.8 Å². The van der Waals surface area contributed by atoms with Crippen LogP contribution in [0.15, 0.2) is 0 Å². The van der Waals surface area contributed by atoms with Gasteiger partial charge in [-0.1, -0.05) is 38.0 Å². The lowest BCUT2D eigenvalue weighted by atomic mass is 9.86. The van der Waals surface area contributed by atoms with Crippen LogP contribution in [0.2, 0.25) is 0 Å². The number of rotatable bonds is 5. The van der Waals surface area contributed by atoms with E-state index in [0.29, 0.717) is 19.1 Å². The highest BCUT2D eigenvalue weighted by molar-refractivity contribution is 5.76. The molecule has 0 saturated heterocycles. The summed E-state index contributed by atoms with van der Waals surface area (Å²) >= 11 is 0. The molecule has 3 nitrogen and oxygen atoms in total. The first kappa shape index (κ1) is 15.0. The number of carbonyl (C=O) groups is 1. The molecule has 1 atom stereocenters. The maximum Gasteiger partial charge on any atom is 0.323 e. The van der Waals surface area contributed by atoms with Gasteiger partial charge in [0.25, 0.3) is 0 Å². The Labute approximate surface area is 111 Å². The first-order chi connectivity index (χ1) is 8.79. The molecule has 1 N–H and O–H groups in total. The van der Waals surface area contributed by atoms with Gasteiger partial charge in [-0.3, -0.25) is 10.1 Å². The van der Waals surface area contributed by atoms with Gasteiger partial charge < -0.3 is 4.74 Å². The van der Waals surface area contributed by atoms with Gasteiger partial charge in [0.2, 0.25) is 0 Å². The van der Waals surface area contributed by atoms with Crippen LogP contribution in [0.1, 0.15) is 51.9 Å². The van der Waals surface area contributed by atoms with E-state index in [4.69, 9.17) is 11.2 Å². The summed E-state index contributed by atoms with van der Waals surface area (Å²) in [6, 6.07) is -0.223. The minimum Gasteiger partial charge on any atom is -0.465 e. The Bertz CT molecular complexity index is 275. The molecule has 1 rings (SSSR count). The molecule has 1 saturated carbocycles. The first-order valence-corrected chi connectivity index (χ1v) is 7.13. The number of nitrogens with one attached hydrogen (secondary N) is 1. The van der Waals surface area contributed by atoms with Crippen molar-refractivity contribution in [2.45, 2.75) is 57.9 Å². The number of hydrogen-bond donors (Lipinski definition) is 1. The molecule has 0 heterocycles. The van der Waals surface area contributed by atoms with Crippen molar-refractivity contribution in [2.75, 3.05) is 13.2 Å². The van der Waals surface area contributed by atoms with Crippen molar-refractivity contribution >= 4 is 5.97 Å². The van der Waals surface area contributed by atoms with Crippen molar-refractivity contribution in [1.82, 2.24) is 5.32 Å². The Hall–Kier alpha value is -1.01. The zero-order chi connectivity index (χ0) is 13.2. The molecule has 1 fully saturated rings. The third-order valence-electron chi connectivity index (χ3n) is 3.59. The van der Waals surface area contributed by atoms with Gasteiger partial charge in [-0.15, -0.1) is 6.42 Å². The summed E-state index contributed by atoms with van der Waals surface area (Å²) in [5, 5.41) is 3.16. The second-order valence-electron chi connectivity index (χ2n) is 4.92. The summed E-state index contributed by atoms with van der Waals surface area (Å²) in [5.41, 5.74) is 0. The van der Waals surface area contributed by atoms with E-state index in [1.807, 2.05) is 6.92 Å². The molecular formula is C15H25NO2. The Morgan fingerprint density at radius 3 is 2.50 bits per heavy atom. The topological polar surface area (TPSA) is 38.3 Å². The van der Waals surface area contributed by atoms with Crippen molar-refractivity contribution in [1.29, 1.82) is 0 Å². The standard InChI is InChI=1S/C15H25NO2/c1-3-12-16-14(15(17)18-4-2)13-10-8-6-5-7-9-11-13/h1,13-14,16H,4-12H2,2H3. The SMILES string of the molecule is C#CCNC(C(=O)OCC)C1CCCCCCC1. The van der Waals surface area contributed by atoms with Crippen LogP contribution in [0.5, 0.6) is 0 Å². The van der Waals surface area contributed by atoms with Crippen LogP contribution >= 0.6 is 0 Å². The Kier molecular flexibility index (Phi) is 7.52. The summed E-state index contributed by atoms with van der Waals surface area (Å²) in [7, 11) is 0. The maximum absolute atomic E-state index is 12.0. The van der Waals surface area contributed by atoms with Crippen molar-refractivity contribution in [3.8, 4) is 12.3 Å². The average Bonchev–Trinajstić information content (AvgIpc) is 2.31. The van der Waals surface area contributed by atoms with Gasteiger partial charge in [0.05, 0.1) is 13.2 Å². The molecule has 0 aromatic heterocycles. The molecule has 0 amide bonds. The number of carbonyl (C=O) groups excluding carboxylic acids is 1. The van der Waals surface area contributed by atoms with Gasteiger partial charge in [0.1, 0.15) is 6.04 Å². The molecule has 18 heavy (non-hydrogen) atoms. The van der Waals surface area contributed by atoms with Gasteiger partial charge in [-0.2, -0.15) is 0 Å². The fourth-order valence-electron chi connectivity index (χ4n) is 2.66. The fourth-order valence-corrected chi connectivity index (χ4v) is 2.66. The maximum atomic E-state index is 12.0. The van der Waals surface area contributed by atoms with Crippen molar-refractivity contribution in [2.24, 2.45) is 5.92 Å². The summed E-state index contributed by atoms with van der Waals surface area (Å²) < 4.78 is 5.16. The molecule has 1 unspecified atom stereocenters. The number of ether oxygens (including phenoxy) is 1. The Morgan fingerprint density at radius 2 is 1.94 bits per heavy atom. The third-order valence-corrected chi connectivity index (χ3v) is 3.59. The third kappa shape index (κ3) is 5.10. The van der Waals surface area contributed by atoms with Crippen LogP contribution < -0.4 is 5.32 Å². The van der Waals surface area contributed by atoms with Gasteiger partial charge in [-0.05, 0) is 25.7 Å². The molecule has 0 aromatic carbocycles. The lowest BCUT2D eigenvalue weighted by Crippen LogP contribution is -2.44. The fraction of sp³-hybridized carbons (Fsp3) is 0.800. The molecule has 3 heteroatoms. The van der Waals surface area contributed by atoms with E-state index in [-0.39, 0.29) is 12.0 Å². The molecule has 0 spiro atoms. The normalized spacial score (nSPS) is 19.3. The van der Waals surface area contributed by atoms with Crippen LogP contribution in [0.4, 0.5) is 0 Å². The van der Waals surface area contributed by atoms with Gasteiger partial charge in [0.15, 0.2) is 0 Å². The monoisotopic (exact) mass is 251 g/mol. The summed E-state index contributed by atoms with van der Waals surface area (Å²) in [5.74, 6) is 2.78. The first-order valence-electron chi connectivity index (χ1n) is 7.13. The van der Waals surface area contributed by atoms with E-state index in [1.54, 1.807) is 0 Å². The zero-order valence-corrected chi connectivity index (χ0v) is 11.4. The van der Waals surface area contributed by atoms with Gasteiger partial charge in [0, 0.05) is 0 Å². The molecule has 1 aliphatic carbocycles. The highest BCUT2D eigenvalue weighted by Gasteiger charge is 2.28. The summed E-state index contributed by atoms with van der Waals surface area (Å²) in [6.07, 6.45) is 13.8. The average molecular weight is 251 g/mol. The van der Waals surface area contributed by atoms with Gasteiger partial charge >= 0.3 is 5.97 Å². The molecule has 0 radical (unpaired) electrons. The lowest BCUT2D eigenvalue weighted by molar-refractivity contribution is -0.147. The molecule has 0 aliphatic heterocycles.